The van der Waals surface area contributed by atoms with E-state index in [0.717, 1.165) is 43.7 Å². The number of likely N-dealkylation sites (N-methyl/N-ethyl adjacent to an activating group) is 1. The molecule has 1 aliphatic rings. The first kappa shape index (κ1) is 19.9. The number of aliphatic hydroxyl groups is 1. The summed E-state index contributed by atoms with van der Waals surface area (Å²) in [6.45, 7) is 4.26. The number of halogens is 3. The van der Waals surface area contributed by atoms with Gasteiger partial charge in [-0.05, 0) is 44.2 Å². The third-order valence-electron chi connectivity index (χ3n) is 5.73. The molecule has 1 aliphatic heterocycles. The van der Waals surface area contributed by atoms with Crippen molar-refractivity contribution in [2.45, 2.75) is 38.6 Å². The highest BCUT2D eigenvalue weighted by atomic mass is 19.4. The van der Waals surface area contributed by atoms with E-state index >= 15 is 0 Å². The summed E-state index contributed by atoms with van der Waals surface area (Å²) in [7, 11) is 2.10. The van der Waals surface area contributed by atoms with Crippen molar-refractivity contribution in [3.8, 4) is 0 Å². The molecular weight excluding hydrogens is 379 g/mol. The second kappa shape index (κ2) is 7.46. The van der Waals surface area contributed by atoms with Crippen molar-refractivity contribution < 1.29 is 18.3 Å². The Balaban J connectivity index is 1.70. The van der Waals surface area contributed by atoms with Crippen molar-refractivity contribution in [2.24, 2.45) is 0 Å². The summed E-state index contributed by atoms with van der Waals surface area (Å²) < 4.78 is 40.4. The van der Waals surface area contributed by atoms with Crippen LogP contribution in [-0.2, 0) is 25.6 Å². The van der Waals surface area contributed by atoms with E-state index in [-0.39, 0.29) is 6.54 Å². The number of nitrogens with zero attached hydrogens (tertiary/aromatic N) is 3. The van der Waals surface area contributed by atoms with Crippen LogP contribution in [0.3, 0.4) is 0 Å². The van der Waals surface area contributed by atoms with Crippen LogP contribution in [0.2, 0.25) is 0 Å². The van der Waals surface area contributed by atoms with Gasteiger partial charge in [-0.3, -0.25) is 4.98 Å². The van der Waals surface area contributed by atoms with E-state index in [0.29, 0.717) is 5.56 Å². The Bertz CT molecular complexity index is 1020. The van der Waals surface area contributed by atoms with Crippen LogP contribution in [-0.4, -0.2) is 39.7 Å². The van der Waals surface area contributed by atoms with Crippen molar-refractivity contribution in [2.75, 3.05) is 20.1 Å². The second-order valence-electron chi connectivity index (χ2n) is 7.85. The molecule has 1 N–H and O–H groups in total. The zero-order valence-corrected chi connectivity index (χ0v) is 16.5. The van der Waals surface area contributed by atoms with Gasteiger partial charge in [0, 0.05) is 47.9 Å². The summed E-state index contributed by atoms with van der Waals surface area (Å²) in [6.07, 6.45) is -2.49. The van der Waals surface area contributed by atoms with Crippen LogP contribution in [0.15, 0.2) is 36.5 Å². The molecule has 154 valence electrons. The average molecular weight is 403 g/mol. The number of hydrogen-bond acceptors (Lipinski definition) is 3. The molecule has 1 aromatic carbocycles. The predicted molar refractivity (Wildman–Crippen MR) is 106 cm³/mol. The molecule has 0 aliphatic carbocycles. The lowest BCUT2D eigenvalue weighted by atomic mass is 10.1. The fraction of sp³-hybridized carbons (Fsp3) is 0.409. The van der Waals surface area contributed by atoms with Crippen LogP contribution in [0.1, 0.15) is 34.2 Å². The smallest absolute Gasteiger partial charge is 0.386 e. The van der Waals surface area contributed by atoms with Gasteiger partial charge in [0.1, 0.15) is 5.69 Å². The normalized spacial score (nSPS) is 16.6. The molecule has 1 atom stereocenters. The molecule has 0 saturated carbocycles. The van der Waals surface area contributed by atoms with Gasteiger partial charge in [0.15, 0.2) is 0 Å². The number of aryl methyl sites for hydroxylation is 1. The topological polar surface area (TPSA) is 41.3 Å². The van der Waals surface area contributed by atoms with E-state index in [9.17, 15) is 18.3 Å². The van der Waals surface area contributed by atoms with Gasteiger partial charge in [-0.1, -0.05) is 17.7 Å². The fourth-order valence-electron chi connectivity index (χ4n) is 4.12. The Morgan fingerprint density at radius 2 is 1.90 bits per heavy atom. The Kier molecular flexibility index (Phi) is 5.12. The molecular formula is C22H24F3N3O. The summed E-state index contributed by atoms with van der Waals surface area (Å²) in [6, 6.07) is 8.53. The van der Waals surface area contributed by atoms with Crippen LogP contribution in [0, 0.1) is 6.92 Å². The van der Waals surface area contributed by atoms with E-state index in [1.165, 1.54) is 28.3 Å². The summed E-state index contributed by atoms with van der Waals surface area (Å²) in [5, 5.41) is 12.0. The molecule has 29 heavy (non-hydrogen) atoms. The Labute approximate surface area is 167 Å². The van der Waals surface area contributed by atoms with Crippen LogP contribution >= 0.6 is 0 Å². The van der Waals surface area contributed by atoms with Crippen LogP contribution in [0.4, 0.5) is 13.2 Å². The summed E-state index contributed by atoms with van der Waals surface area (Å²) in [5.74, 6) is 0. The Morgan fingerprint density at radius 3 is 2.59 bits per heavy atom. The number of fused-ring (bicyclic) bond motifs is 3. The summed E-state index contributed by atoms with van der Waals surface area (Å²) in [5.41, 5.74) is 4.19. The number of aromatic nitrogens is 2. The molecule has 3 aromatic rings. The molecule has 0 amide bonds. The third-order valence-corrected chi connectivity index (χ3v) is 5.73. The monoisotopic (exact) mass is 403 g/mol. The minimum absolute atomic E-state index is 0.283. The van der Waals surface area contributed by atoms with Crippen LogP contribution in [0.5, 0.6) is 0 Å². The first-order valence-electron chi connectivity index (χ1n) is 9.74. The number of aliphatic hydroxyl groups excluding tert-OH is 1. The quantitative estimate of drug-likeness (QED) is 0.715. The van der Waals surface area contributed by atoms with Gasteiger partial charge in [0.25, 0.3) is 0 Å². The minimum Gasteiger partial charge on any atom is -0.386 e. The van der Waals surface area contributed by atoms with Gasteiger partial charge < -0.3 is 14.6 Å². The number of benzene rings is 1. The number of alkyl halides is 3. The summed E-state index contributed by atoms with van der Waals surface area (Å²) in [4.78, 5) is 5.78. The zero-order valence-electron chi connectivity index (χ0n) is 16.5. The fourth-order valence-corrected chi connectivity index (χ4v) is 4.12. The van der Waals surface area contributed by atoms with E-state index in [1.54, 1.807) is 0 Å². The third kappa shape index (κ3) is 3.89. The van der Waals surface area contributed by atoms with Crippen LogP contribution in [0.25, 0.3) is 10.9 Å². The molecule has 0 fully saturated rings. The highest BCUT2D eigenvalue weighted by Gasteiger charge is 2.32. The zero-order chi connectivity index (χ0) is 20.8. The molecule has 0 radical (unpaired) electrons. The van der Waals surface area contributed by atoms with Crippen molar-refractivity contribution in [1.29, 1.82) is 0 Å². The van der Waals surface area contributed by atoms with Gasteiger partial charge in [-0.25, -0.2) is 0 Å². The molecule has 3 heterocycles. The molecule has 0 saturated heterocycles. The van der Waals surface area contributed by atoms with E-state index in [4.69, 9.17) is 0 Å². The highest BCUT2D eigenvalue weighted by molar-refractivity contribution is 5.86. The van der Waals surface area contributed by atoms with Gasteiger partial charge in [0.05, 0.1) is 12.6 Å². The van der Waals surface area contributed by atoms with E-state index in [2.05, 4.69) is 46.6 Å². The van der Waals surface area contributed by atoms with Crippen molar-refractivity contribution in [3.05, 3.63) is 64.6 Å². The molecule has 2 aromatic heterocycles. The maximum Gasteiger partial charge on any atom is 0.433 e. The largest absolute Gasteiger partial charge is 0.433 e. The molecule has 7 heteroatoms. The lowest BCUT2D eigenvalue weighted by Gasteiger charge is -2.17. The minimum atomic E-state index is -4.48. The number of rotatable bonds is 3. The van der Waals surface area contributed by atoms with Crippen LogP contribution < -0.4 is 0 Å². The SMILES string of the molecule is Cc1ccc2c(c1)c1c(n2CC(O)c2ccc(C(F)(F)F)nc2)CCN(C)CC1. The Morgan fingerprint density at radius 1 is 1.14 bits per heavy atom. The lowest BCUT2D eigenvalue weighted by Crippen LogP contribution is -2.21. The first-order chi connectivity index (χ1) is 13.7. The standard InChI is InChI=1S/C22H24F3N3O/c1-14-3-5-18-17(11-14)16-7-9-27(2)10-8-19(16)28(18)13-20(29)15-4-6-21(26-12-15)22(23,24)25/h3-6,11-12,20,29H,7-10,13H2,1-2H3. The maximum absolute atomic E-state index is 12.8. The first-order valence-corrected chi connectivity index (χ1v) is 9.74. The van der Waals surface area contributed by atoms with E-state index in [1.807, 2.05) is 0 Å². The Hall–Kier alpha value is -2.38. The van der Waals surface area contributed by atoms with Gasteiger partial charge in [-0.2, -0.15) is 13.2 Å². The van der Waals surface area contributed by atoms with Crippen molar-refractivity contribution in [3.63, 3.8) is 0 Å². The number of pyridine rings is 1. The van der Waals surface area contributed by atoms with E-state index < -0.39 is 18.0 Å². The second-order valence-corrected chi connectivity index (χ2v) is 7.85. The molecule has 4 nitrogen and oxygen atoms in total. The lowest BCUT2D eigenvalue weighted by molar-refractivity contribution is -0.141. The predicted octanol–water partition coefficient (Wildman–Crippen LogP) is 4.13. The van der Waals surface area contributed by atoms with Gasteiger partial charge in [0.2, 0.25) is 0 Å². The summed E-state index contributed by atoms with van der Waals surface area (Å²) >= 11 is 0. The molecule has 0 spiro atoms. The maximum atomic E-state index is 12.8. The number of hydrogen-bond donors (Lipinski definition) is 1. The van der Waals surface area contributed by atoms with Crippen molar-refractivity contribution >= 4 is 10.9 Å². The van der Waals surface area contributed by atoms with Gasteiger partial charge >= 0.3 is 6.18 Å². The van der Waals surface area contributed by atoms with Gasteiger partial charge in [-0.15, -0.1) is 0 Å². The highest BCUT2D eigenvalue weighted by Crippen LogP contribution is 2.32. The van der Waals surface area contributed by atoms with Crippen molar-refractivity contribution in [1.82, 2.24) is 14.5 Å². The molecule has 4 rings (SSSR count). The molecule has 0 bridgehead atoms. The molecule has 1 unspecified atom stereocenters. The average Bonchev–Trinajstić information content (AvgIpc) is 2.81.